The zero-order valence-electron chi connectivity index (χ0n) is 9.14. The van der Waals surface area contributed by atoms with Gasteiger partial charge in [-0.1, -0.05) is 20.3 Å². The Labute approximate surface area is 81.7 Å². The highest BCUT2D eigenvalue weighted by molar-refractivity contribution is 4.83. The SMILES string of the molecule is C[C@@H](O)CNC1CCCC(C)(C)C1. The molecule has 1 saturated carbocycles. The first-order valence-corrected chi connectivity index (χ1v) is 5.41. The first-order valence-electron chi connectivity index (χ1n) is 5.41. The van der Waals surface area contributed by atoms with Gasteiger partial charge in [-0.25, -0.2) is 0 Å². The molecule has 0 amide bonds. The van der Waals surface area contributed by atoms with Gasteiger partial charge in [-0.15, -0.1) is 0 Å². The minimum atomic E-state index is -0.218. The Morgan fingerprint density at radius 3 is 2.77 bits per heavy atom. The Kier molecular flexibility index (Phi) is 3.74. The number of aliphatic hydroxyl groups excluding tert-OH is 1. The third-order valence-electron chi connectivity index (χ3n) is 2.91. The molecule has 2 heteroatoms. The van der Waals surface area contributed by atoms with Crippen molar-refractivity contribution < 1.29 is 5.11 Å². The fourth-order valence-corrected chi connectivity index (χ4v) is 2.21. The van der Waals surface area contributed by atoms with Gasteiger partial charge < -0.3 is 10.4 Å². The van der Waals surface area contributed by atoms with E-state index in [1.165, 1.54) is 25.7 Å². The molecule has 1 aliphatic rings. The van der Waals surface area contributed by atoms with Crippen LogP contribution >= 0.6 is 0 Å². The van der Waals surface area contributed by atoms with E-state index >= 15 is 0 Å². The summed E-state index contributed by atoms with van der Waals surface area (Å²) < 4.78 is 0. The van der Waals surface area contributed by atoms with Crippen molar-refractivity contribution in [1.82, 2.24) is 5.32 Å². The normalized spacial score (nSPS) is 30.0. The highest BCUT2D eigenvalue weighted by atomic mass is 16.3. The van der Waals surface area contributed by atoms with E-state index in [4.69, 9.17) is 5.11 Å². The van der Waals surface area contributed by atoms with Gasteiger partial charge >= 0.3 is 0 Å². The standard InChI is InChI=1S/C11H23NO/c1-9(13)8-12-10-5-4-6-11(2,3)7-10/h9-10,12-13H,4-8H2,1-3H3/t9-,10?/m1/s1. The quantitative estimate of drug-likeness (QED) is 0.704. The van der Waals surface area contributed by atoms with Gasteiger partial charge in [0, 0.05) is 12.6 Å². The molecule has 0 bridgehead atoms. The predicted octanol–water partition coefficient (Wildman–Crippen LogP) is 1.93. The van der Waals surface area contributed by atoms with Crippen LogP contribution in [0.4, 0.5) is 0 Å². The van der Waals surface area contributed by atoms with Crippen LogP contribution in [0, 0.1) is 5.41 Å². The summed E-state index contributed by atoms with van der Waals surface area (Å²) in [7, 11) is 0. The molecule has 78 valence electrons. The minimum absolute atomic E-state index is 0.218. The van der Waals surface area contributed by atoms with Gasteiger partial charge in [-0.2, -0.15) is 0 Å². The monoisotopic (exact) mass is 185 g/mol. The average Bonchev–Trinajstić information content (AvgIpc) is 1.99. The minimum Gasteiger partial charge on any atom is -0.392 e. The lowest BCUT2D eigenvalue weighted by atomic mass is 9.75. The van der Waals surface area contributed by atoms with Crippen molar-refractivity contribution in [2.75, 3.05) is 6.54 Å². The number of nitrogens with one attached hydrogen (secondary N) is 1. The summed E-state index contributed by atoms with van der Waals surface area (Å²) in [5, 5.41) is 12.6. The van der Waals surface area contributed by atoms with Gasteiger partial charge in [0.1, 0.15) is 0 Å². The third-order valence-corrected chi connectivity index (χ3v) is 2.91. The van der Waals surface area contributed by atoms with Crippen LogP contribution in [0.25, 0.3) is 0 Å². The molecule has 0 aromatic heterocycles. The molecule has 0 spiro atoms. The van der Waals surface area contributed by atoms with Crippen molar-refractivity contribution in [2.24, 2.45) is 5.41 Å². The molecule has 2 atom stereocenters. The van der Waals surface area contributed by atoms with Crippen LogP contribution in [0.5, 0.6) is 0 Å². The molecule has 0 aromatic rings. The molecule has 0 radical (unpaired) electrons. The molecule has 0 heterocycles. The summed E-state index contributed by atoms with van der Waals surface area (Å²) in [6, 6.07) is 0.623. The molecule has 13 heavy (non-hydrogen) atoms. The van der Waals surface area contributed by atoms with Crippen LogP contribution < -0.4 is 5.32 Å². The molecule has 0 aromatic carbocycles. The van der Waals surface area contributed by atoms with E-state index in [2.05, 4.69) is 19.2 Å². The second kappa shape index (κ2) is 4.43. The first kappa shape index (κ1) is 11.0. The largest absolute Gasteiger partial charge is 0.392 e. The van der Waals surface area contributed by atoms with Crippen molar-refractivity contribution in [2.45, 2.75) is 58.6 Å². The Hall–Kier alpha value is -0.0800. The number of hydrogen-bond donors (Lipinski definition) is 2. The van der Waals surface area contributed by atoms with Crippen LogP contribution in [0.1, 0.15) is 46.5 Å². The molecule has 0 saturated heterocycles. The zero-order valence-corrected chi connectivity index (χ0v) is 9.14. The lowest BCUT2D eigenvalue weighted by Crippen LogP contribution is -2.40. The Balaban J connectivity index is 2.26. The second-order valence-corrected chi connectivity index (χ2v) is 5.21. The fourth-order valence-electron chi connectivity index (χ4n) is 2.21. The number of rotatable bonds is 3. The molecule has 1 aliphatic carbocycles. The van der Waals surface area contributed by atoms with Crippen LogP contribution in [0.2, 0.25) is 0 Å². The average molecular weight is 185 g/mol. The summed E-state index contributed by atoms with van der Waals surface area (Å²) >= 11 is 0. The fraction of sp³-hybridized carbons (Fsp3) is 1.00. The highest BCUT2D eigenvalue weighted by Gasteiger charge is 2.27. The van der Waals surface area contributed by atoms with Gasteiger partial charge in [0.25, 0.3) is 0 Å². The van der Waals surface area contributed by atoms with Crippen molar-refractivity contribution in [3.63, 3.8) is 0 Å². The topological polar surface area (TPSA) is 32.3 Å². The number of hydrogen-bond acceptors (Lipinski definition) is 2. The van der Waals surface area contributed by atoms with E-state index in [1.807, 2.05) is 6.92 Å². The third kappa shape index (κ3) is 4.10. The molecule has 2 nitrogen and oxygen atoms in total. The van der Waals surface area contributed by atoms with Crippen molar-refractivity contribution >= 4 is 0 Å². The molecule has 0 aliphatic heterocycles. The predicted molar refractivity (Wildman–Crippen MR) is 55.7 cm³/mol. The van der Waals surface area contributed by atoms with E-state index in [1.54, 1.807) is 0 Å². The molecular formula is C11H23NO. The van der Waals surface area contributed by atoms with E-state index in [9.17, 15) is 0 Å². The maximum absolute atomic E-state index is 9.15. The van der Waals surface area contributed by atoms with Crippen LogP contribution in [0.15, 0.2) is 0 Å². The molecular weight excluding hydrogens is 162 g/mol. The Bertz CT molecular complexity index is 154. The summed E-state index contributed by atoms with van der Waals surface area (Å²) in [5.74, 6) is 0. The summed E-state index contributed by atoms with van der Waals surface area (Å²) in [6.07, 6.45) is 4.98. The maximum Gasteiger partial charge on any atom is 0.0636 e. The summed E-state index contributed by atoms with van der Waals surface area (Å²) in [6.45, 7) is 7.24. The van der Waals surface area contributed by atoms with Crippen LogP contribution in [-0.2, 0) is 0 Å². The van der Waals surface area contributed by atoms with Crippen molar-refractivity contribution in [3.8, 4) is 0 Å². The van der Waals surface area contributed by atoms with Crippen molar-refractivity contribution in [1.29, 1.82) is 0 Å². The Morgan fingerprint density at radius 2 is 2.23 bits per heavy atom. The lowest BCUT2D eigenvalue weighted by Gasteiger charge is -2.35. The molecule has 1 fully saturated rings. The van der Waals surface area contributed by atoms with Crippen LogP contribution in [0.3, 0.4) is 0 Å². The first-order chi connectivity index (χ1) is 5.99. The van der Waals surface area contributed by atoms with E-state index < -0.39 is 0 Å². The highest BCUT2D eigenvalue weighted by Crippen LogP contribution is 2.34. The summed E-state index contributed by atoms with van der Waals surface area (Å²) in [5.41, 5.74) is 0.495. The zero-order chi connectivity index (χ0) is 9.90. The maximum atomic E-state index is 9.15. The van der Waals surface area contributed by atoms with Gasteiger partial charge in [0.15, 0.2) is 0 Å². The Morgan fingerprint density at radius 1 is 1.54 bits per heavy atom. The van der Waals surface area contributed by atoms with E-state index in [0.29, 0.717) is 11.5 Å². The van der Waals surface area contributed by atoms with Crippen molar-refractivity contribution in [3.05, 3.63) is 0 Å². The van der Waals surface area contributed by atoms with Crippen LogP contribution in [-0.4, -0.2) is 23.8 Å². The van der Waals surface area contributed by atoms with Gasteiger partial charge in [0.05, 0.1) is 6.10 Å². The van der Waals surface area contributed by atoms with Gasteiger partial charge in [0.2, 0.25) is 0 Å². The molecule has 2 N–H and O–H groups in total. The molecule has 1 rings (SSSR count). The van der Waals surface area contributed by atoms with E-state index in [-0.39, 0.29) is 6.10 Å². The van der Waals surface area contributed by atoms with Gasteiger partial charge in [-0.05, 0) is 31.6 Å². The summed E-state index contributed by atoms with van der Waals surface area (Å²) in [4.78, 5) is 0. The number of aliphatic hydroxyl groups is 1. The van der Waals surface area contributed by atoms with Gasteiger partial charge in [-0.3, -0.25) is 0 Å². The smallest absolute Gasteiger partial charge is 0.0636 e. The molecule has 1 unspecified atom stereocenters. The second-order valence-electron chi connectivity index (χ2n) is 5.21. The van der Waals surface area contributed by atoms with E-state index in [0.717, 1.165) is 6.54 Å². The lowest BCUT2D eigenvalue weighted by molar-refractivity contribution is 0.157.